The zero-order valence-electron chi connectivity index (χ0n) is 11.5. The van der Waals surface area contributed by atoms with Gasteiger partial charge < -0.3 is 10.2 Å². The van der Waals surface area contributed by atoms with Gasteiger partial charge in [0.25, 0.3) is 5.91 Å². The summed E-state index contributed by atoms with van der Waals surface area (Å²) in [5, 5.41) is 2.57. The zero-order valence-corrected chi connectivity index (χ0v) is 13.0. The summed E-state index contributed by atoms with van der Waals surface area (Å²) < 4.78 is 27.8. The van der Waals surface area contributed by atoms with Crippen molar-refractivity contribution in [2.45, 2.75) is 12.8 Å². The first-order valence-corrected chi connectivity index (χ1v) is 7.38. The highest BCUT2D eigenvalue weighted by Gasteiger charge is 2.30. The highest BCUT2D eigenvalue weighted by Crippen LogP contribution is 2.24. The number of hydrogen-bond acceptors (Lipinski definition) is 2. The lowest BCUT2D eigenvalue weighted by atomic mass is 9.95. The molecule has 0 saturated carbocycles. The number of nitrogens with one attached hydrogen (secondary N) is 1. The number of rotatable bonds is 2. The standard InChI is InChI=1S/C14H15BrF2N2O2/c1-18-13(20)8-2-4-19(5-3-8)14(21)12-10(16)6-9(15)7-11(12)17/h6-8H,2-5H2,1H3,(H,18,20). The Morgan fingerprint density at radius 1 is 1.24 bits per heavy atom. The first kappa shape index (κ1) is 15.9. The van der Waals surface area contributed by atoms with Crippen molar-refractivity contribution < 1.29 is 18.4 Å². The maximum absolute atomic E-state index is 13.8. The highest BCUT2D eigenvalue weighted by atomic mass is 79.9. The lowest BCUT2D eigenvalue weighted by molar-refractivity contribution is -0.125. The van der Waals surface area contributed by atoms with Crippen LogP contribution in [0.4, 0.5) is 8.78 Å². The van der Waals surface area contributed by atoms with Crippen molar-refractivity contribution in [3.63, 3.8) is 0 Å². The van der Waals surface area contributed by atoms with E-state index in [0.717, 1.165) is 12.1 Å². The third-order valence-electron chi connectivity index (χ3n) is 3.62. The van der Waals surface area contributed by atoms with Crippen LogP contribution in [0.5, 0.6) is 0 Å². The molecule has 1 aliphatic heterocycles. The Morgan fingerprint density at radius 3 is 2.24 bits per heavy atom. The summed E-state index contributed by atoms with van der Waals surface area (Å²) in [6.07, 6.45) is 0.982. The van der Waals surface area contributed by atoms with Crippen LogP contribution in [0.2, 0.25) is 0 Å². The van der Waals surface area contributed by atoms with Crippen LogP contribution < -0.4 is 5.32 Å². The topological polar surface area (TPSA) is 49.4 Å². The van der Waals surface area contributed by atoms with E-state index in [1.54, 1.807) is 7.05 Å². The van der Waals surface area contributed by atoms with Crippen molar-refractivity contribution in [2.24, 2.45) is 5.92 Å². The predicted molar refractivity (Wildman–Crippen MR) is 76.8 cm³/mol. The number of carbonyl (C=O) groups excluding carboxylic acids is 2. The van der Waals surface area contributed by atoms with Crippen molar-refractivity contribution in [3.8, 4) is 0 Å². The first-order valence-electron chi connectivity index (χ1n) is 6.59. The summed E-state index contributed by atoms with van der Waals surface area (Å²) in [5.41, 5.74) is -0.545. The molecule has 1 heterocycles. The Kier molecular flexibility index (Phi) is 4.92. The van der Waals surface area contributed by atoms with E-state index < -0.39 is 23.1 Å². The smallest absolute Gasteiger partial charge is 0.259 e. The highest BCUT2D eigenvalue weighted by molar-refractivity contribution is 9.10. The molecule has 1 aromatic carbocycles. The minimum absolute atomic E-state index is 0.0666. The van der Waals surface area contributed by atoms with Gasteiger partial charge in [-0.05, 0) is 25.0 Å². The molecule has 0 radical (unpaired) electrons. The minimum atomic E-state index is -0.889. The van der Waals surface area contributed by atoms with Crippen LogP contribution in [0.15, 0.2) is 16.6 Å². The molecule has 4 nitrogen and oxygen atoms in total. The number of carbonyl (C=O) groups is 2. The van der Waals surface area contributed by atoms with Gasteiger partial charge in [-0.25, -0.2) is 8.78 Å². The average Bonchev–Trinajstić information content (AvgIpc) is 2.45. The summed E-state index contributed by atoms with van der Waals surface area (Å²) in [7, 11) is 1.56. The molecule has 114 valence electrons. The van der Waals surface area contributed by atoms with Crippen LogP contribution in [-0.2, 0) is 4.79 Å². The van der Waals surface area contributed by atoms with E-state index in [0.29, 0.717) is 25.9 Å². The fourth-order valence-corrected chi connectivity index (χ4v) is 2.86. The zero-order chi connectivity index (χ0) is 15.6. The number of nitrogens with zero attached hydrogens (tertiary/aromatic N) is 1. The Balaban J connectivity index is 2.11. The second-order valence-electron chi connectivity index (χ2n) is 4.93. The molecule has 21 heavy (non-hydrogen) atoms. The van der Waals surface area contributed by atoms with Crippen LogP contribution in [0.3, 0.4) is 0 Å². The molecule has 1 saturated heterocycles. The molecule has 1 N–H and O–H groups in total. The Morgan fingerprint density at radius 2 is 1.76 bits per heavy atom. The van der Waals surface area contributed by atoms with E-state index in [1.165, 1.54) is 4.90 Å². The molecular weight excluding hydrogens is 346 g/mol. The van der Waals surface area contributed by atoms with Gasteiger partial charge in [-0.2, -0.15) is 0 Å². The molecule has 1 aliphatic rings. The third kappa shape index (κ3) is 3.40. The van der Waals surface area contributed by atoms with Crippen molar-refractivity contribution in [3.05, 3.63) is 33.8 Å². The van der Waals surface area contributed by atoms with E-state index in [9.17, 15) is 18.4 Å². The fraction of sp³-hybridized carbons (Fsp3) is 0.429. The number of halogens is 3. The van der Waals surface area contributed by atoms with Crippen LogP contribution in [0.25, 0.3) is 0 Å². The number of benzene rings is 1. The second-order valence-corrected chi connectivity index (χ2v) is 5.84. The quantitative estimate of drug-likeness (QED) is 0.879. The van der Waals surface area contributed by atoms with Gasteiger partial charge in [-0.15, -0.1) is 0 Å². The first-order chi connectivity index (χ1) is 9.93. The number of amides is 2. The van der Waals surface area contributed by atoms with Gasteiger partial charge in [-0.1, -0.05) is 15.9 Å². The molecule has 1 fully saturated rings. The largest absolute Gasteiger partial charge is 0.359 e. The monoisotopic (exact) mass is 360 g/mol. The molecule has 0 aliphatic carbocycles. The predicted octanol–water partition coefficient (Wildman–Crippen LogP) is 2.33. The number of piperidine rings is 1. The summed E-state index contributed by atoms with van der Waals surface area (Å²) in [6.45, 7) is 0.623. The van der Waals surface area contributed by atoms with E-state index >= 15 is 0 Å². The number of likely N-dealkylation sites (tertiary alicyclic amines) is 1. The average molecular weight is 361 g/mol. The van der Waals surface area contributed by atoms with Gasteiger partial charge >= 0.3 is 0 Å². The Hall–Kier alpha value is -1.50. The molecule has 0 spiro atoms. The maximum Gasteiger partial charge on any atom is 0.259 e. The molecule has 0 unspecified atom stereocenters. The van der Waals surface area contributed by atoms with Crippen molar-refractivity contribution in [1.29, 1.82) is 0 Å². The van der Waals surface area contributed by atoms with Gasteiger partial charge in [0, 0.05) is 30.5 Å². The summed E-state index contributed by atoms with van der Waals surface area (Å²) in [5.74, 6) is -2.67. The van der Waals surface area contributed by atoms with E-state index in [1.807, 2.05) is 0 Å². The third-order valence-corrected chi connectivity index (χ3v) is 4.08. The second kappa shape index (κ2) is 6.51. The maximum atomic E-state index is 13.8. The Bertz CT molecular complexity index is 549. The van der Waals surface area contributed by atoms with Crippen molar-refractivity contribution >= 4 is 27.7 Å². The van der Waals surface area contributed by atoms with Gasteiger partial charge in [0.2, 0.25) is 5.91 Å². The van der Waals surface area contributed by atoms with Gasteiger partial charge in [-0.3, -0.25) is 9.59 Å². The van der Waals surface area contributed by atoms with E-state index in [4.69, 9.17) is 0 Å². The van der Waals surface area contributed by atoms with Crippen LogP contribution in [0, 0.1) is 17.6 Å². The molecule has 2 rings (SSSR count). The minimum Gasteiger partial charge on any atom is -0.359 e. The molecule has 0 aromatic heterocycles. The van der Waals surface area contributed by atoms with E-state index in [2.05, 4.69) is 21.2 Å². The van der Waals surface area contributed by atoms with Crippen LogP contribution in [-0.4, -0.2) is 36.9 Å². The van der Waals surface area contributed by atoms with Crippen molar-refractivity contribution in [2.75, 3.05) is 20.1 Å². The van der Waals surface area contributed by atoms with Gasteiger partial charge in [0.05, 0.1) is 0 Å². The van der Waals surface area contributed by atoms with Crippen LogP contribution >= 0.6 is 15.9 Å². The number of hydrogen-bond donors (Lipinski definition) is 1. The van der Waals surface area contributed by atoms with Gasteiger partial charge in [0.15, 0.2) is 0 Å². The fourth-order valence-electron chi connectivity index (χ4n) is 2.45. The van der Waals surface area contributed by atoms with Crippen molar-refractivity contribution in [1.82, 2.24) is 10.2 Å². The molecule has 7 heteroatoms. The molecule has 0 atom stereocenters. The Labute approximate surface area is 129 Å². The summed E-state index contributed by atoms with van der Waals surface area (Å²) in [6, 6.07) is 2.13. The van der Waals surface area contributed by atoms with E-state index in [-0.39, 0.29) is 16.3 Å². The molecule has 0 bridgehead atoms. The molecule has 1 aromatic rings. The lowest BCUT2D eigenvalue weighted by Gasteiger charge is -2.31. The summed E-state index contributed by atoms with van der Waals surface area (Å²) in [4.78, 5) is 25.1. The van der Waals surface area contributed by atoms with Gasteiger partial charge in [0.1, 0.15) is 17.2 Å². The summed E-state index contributed by atoms with van der Waals surface area (Å²) >= 11 is 2.97. The molecule has 2 amide bonds. The SMILES string of the molecule is CNC(=O)C1CCN(C(=O)c2c(F)cc(Br)cc2F)CC1. The lowest BCUT2D eigenvalue weighted by Crippen LogP contribution is -2.42. The normalized spacial score (nSPS) is 15.9. The van der Waals surface area contributed by atoms with Crippen LogP contribution in [0.1, 0.15) is 23.2 Å². The molecular formula is C14H15BrF2N2O2.